The number of hydrogen-bond donors (Lipinski definition) is 1. The lowest BCUT2D eigenvalue weighted by atomic mass is 9.47. The van der Waals surface area contributed by atoms with Gasteiger partial charge >= 0.3 is 5.97 Å². The summed E-state index contributed by atoms with van der Waals surface area (Å²) in [4.78, 5) is 10.9. The molecule has 0 aliphatic heterocycles. The highest BCUT2D eigenvalue weighted by Gasteiger charge is 2.59. The molecule has 0 bridgehead atoms. The van der Waals surface area contributed by atoms with Gasteiger partial charge in [0.15, 0.2) is 0 Å². The van der Waals surface area contributed by atoms with Crippen LogP contribution in [0, 0.1) is 46.3 Å². The van der Waals surface area contributed by atoms with Gasteiger partial charge in [-0.25, -0.2) is 4.79 Å². The molecule has 3 heteroatoms. The lowest BCUT2D eigenvalue weighted by Crippen LogP contribution is -2.51. The third-order valence-electron chi connectivity index (χ3n) is 10.7. The van der Waals surface area contributed by atoms with Crippen LogP contribution in [0.2, 0.25) is 0 Å². The molecule has 3 saturated carbocycles. The van der Waals surface area contributed by atoms with Gasteiger partial charge in [0, 0.05) is 0 Å². The van der Waals surface area contributed by atoms with E-state index < -0.39 is 5.97 Å². The highest BCUT2D eigenvalue weighted by atomic mass is 16.5. The second-order valence-corrected chi connectivity index (χ2v) is 12.9. The zero-order valence-electron chi connectivity index (χ0n) is 21.4. The maximum absolute atomic E-state index is 10.9. The van der Waals surface area contributed by atoms with E-state index in [1.54, 1.807) is 5.57 Å². The van der Waals surface area contributed by atoms with Crippen LogP contribution in [0.25, 0.3) is 0 Å². The lowest BCUT2D eigenvalue weighted by molar-refractivity contribution is -0.145. The SMILES string of the molecule is CC(C)CCCC(C)[C@@H]1CCC2C3CC=C4C[C@@H](OCC(=O)O)CCC4(C)C3CCC21C. The minimum atomic E-state index is -0.850. The summed E-state index contributed by atoms with van der Waals surface area (Å²) in [7, 11) is 0. The predicted molar refractivity (Wildman–Crippen MR) is 130 cm³/mol. The standard InChI is InChI=1S/C29H48O3/c1-19(2)7-6-8-20(3)24-11-12-25-23-10-9-21-17-22(32-18-27(30)31)13-15-28(21,4)26(23)14-16-29(24,25)5/h9,19-20,22-26H,6-8,10-18H2,1-5H3,(H,30,31)/t20?,22-,23?,24-,25?,26?,28?,29?/m0/s1. The van der Waals surface area contributed by atoms with Crippen LogP contribution in [0.4, 0.5) is 0 Å². The molecule has 4 aliphatic rings. The fraction of sp³-hybridized carbons (Fsp3) is 0.897. The van der Waals surface area contributed by atoms with Crippen LogP contribution in [0.15, 0.2) is 11.6 Å². The first kappa shape index (κ1) is 24.3. The van der Waals surface area contributed by atoms with Crippen molar-refractivity contribution in [2.75, 3.05) is 6.61 Å². The van der Waals surface area contributed by atoms with E-state index in [1.165, 1.54) is 57.8 Å². The molecule has 0 saturated heterocycles. The molecule has 8 atom stereocenters. The van der Waals surface area contributed by atoms with Gasteiger partial charge < -0.3 is 9.84 Å². The second kappa shape index (κ2) is 9.43. The number of allylic oxidation sites excluding steroid dienone is 1. The average Bonchev–Trinajstić information content (AvgIpc) is 3.09. The van der Waals surface area contributed by atoms with E-state index >= 15 is 0 Å². The summed E-state index contributed by atoms with van der Waals surface area (Å²) in [5, 5.41) is 8.99. The van der Waals surface area contributed by atoms with Crippen LogP contribution in [-0.4, -0.2) is 23.8 Å². The number of carbonyl (C=O) groups is 1. The van der Waals surface area contributed by atoms with Crippen LogP contribution in [-0.2, 0) is 9.53 Å². The first-order valence-electron chi connectivity index (χ1n) is 13.7. The largest absolute Gasteiger partial charge is 0.480 e. The number of hydrogen-bond acceptors (Lipinski definition) is 2. The zero-order chi connectivity index (χ0) is 23.1. The summed E-state index contributed by atoms with van der Waals surface area (Å²) in [5.74, 6) is 4.33. The van der Waals surface area contributed by atoms with Crippen molar-refractivity contribution in [2.45, 2.75) is 111 Å². The number of carboxylic acid groups (broad SMARTS) is 1. The van der Waals surface area contributed by atoms with E-state index in [9.17, 15) is 4.79 Å². The molecule has 0 aromatic rings. The van der Waals surface area contributed by atoms with Crippen molar-refractivity contribution in [1.82, 2.24) is 0 Å². The summed E-state index contributed by atoms with van der Waals surface area (Å²) in [6.07, 6.45) is 16.9. The first-order chi connectivity index (χ1) is 15.1. The lowest BCUT2D eigenvalue weighted by Gasteiger charge is -2.58. The van der Waals surface area contributed by atoms with Crippen molar-refractivity contribution in [3.63, 3.8) is 0 Å². The highest BCUT2D eigenvalue weighted by Crippen LogP contribution is 2.67. The van der Waals surface area contributed by atoms with Crippen molar-refractivity contribution >= 4 is 5.97 Å². The normalized spacial score (nSPS) is 42.1. The van der Waals surface area contributed by atoms with Gasteiger partial charge in [-0.3, -0.25) is 0 Å². The van der Waals surface area contributed by atoms with Crippen molar-refractivity contribution in [3.05, 3.63) is 11.6 Å². The van der Waals surface area contributed by atoms with E-state index in [4.69, 9.17) is 9.84 Å². The Kier molecular flexibility index (Phi) is 7.16. The second-order valence-electron chi connectivity index (χ2n) is 12.9. The van der Waals surface area contributed by atoms with Crippen LogP contribution in [0.5, 0.6) is 0 Å². The molecule has 4 aliphatic carbocycles. The summed E-state index contributed by atoms with van der Waals surface area (Å²) >= 11 is 0. The molecule has 0 aromatic heterocycles. The molecule has 0 radical (unpaired) electrons. The predicted octanol–water partition coefficient (Wildman–Crippen LogP) is 7.50. The molecule has 6 unspecified atom stereocenters. The van der Waals surface area contributed by atoms with Gasteiger partial charge in [-0.2, -0.15) is 0 Å². The Morgan fingerprint density at radius 2 is 1.88 bits per heavy atom. The Morgan fingerprint density at radius 1 is 1.09 bits per heavy atom. The van der Waals surface area contributed by atoms with Crippen LogP contribution in [0.3, 0.4) is 0 Å². The molecular formula is C29H48O3. The Morgan fingerprint density at radius 3 is 2.59 bits per heavy atom. The Balaban J connectivity index is 1.44. The van der Waals surface area contributed by atoms with Crippen LogP contribution < -0.4 is 0 Å². The molecule has 1 N–H and O–H groups in total. The molecule has 3 nitrogen and oxygen atoms in total. The maximum atomic E-state index is 10.9. The van der Waals surface area contributed by atoms with E-state index in [-0.39, 0.29) is 12.7 Å². The van der Waals surface area contributed by atoms with Crippen molar-refractivity contribution < 1.29 is 14.6 Å². The van der Waals surface area contributed by atoms with Crippen molar-refractivity contribution in [3.8, 4) is 0 Å². The molecule has 0 aromatic carbocycles. The maximum Gasteiger partial charge on any atom is 0.329 e. The molecule has 0 amide bonds. The first-order valence-corrected chi connectivity index (χ1v) is 13.7. The van der Waals surface area contributed by atoms with Crippen molar-refractivity contribution in [1.29, 1.82) is 0 Å². The van der Waals surface area contributed by atoms with E-state index in [2.05, 4.69) is 40.7 Å². The summed E-state index contributed by atoms with van der Waals surface area (Å²) < 4.78 is 5.71. The number of carboxylic acids is 1. The monoisotopic (exact) mass is 444 g/mol. The van der Waals surface area contributed by atoms with Crippen molar-refractivity contribution in [2.24, 2.45) is 46.3 Å². The van der Waals surface area contributed by atoms with E-state index in [0.29, 0.717) is 10.8 Å². The third-order valence-corrected chi connectivity index (χ3v) is 10.7. The summed E-state index contributed by atoms with van der Waals surface area (Å²) in [5.41, 5.74) is 2.44. The molecule has 4 rings (SSSR count). The summed E-state index contributed by atoms with van der Waals surface area (Å²) in [6.45, 7) is 12.3. The average molecular weight is 445 g/mol. The zero-order valence-corrected chi connectivity index (χ0v) is 21.4. The van der Waals surface area contributed by atoms with Gasteiger partial charge in [-0.15, -0.1) is 0 Å². The van der Waals surface area contributed by atoms with Crippen LogP contribution in [0.1, 0.15) is 105 Å². The number of ether oxygens (including phenoxy) is 1. The van der Waals surface area contributed by atoms with Gasteiger partial charge in [0.2, 0.25) is 0 Å². The van der Waals surface area contributed by atoms with E-state index in [0.717, 1.165) is 48.3 Å². The Hall–Kier alpha value is -0.830. The van der Waals surface area contributed by atoms with Gasteiger partial charge in [0.05, 0.1) is 6.10 Å². The minimum Gasteiger partial charge on any atom is -0.480 e. The Bertz CT molecular complexity index is 711. The quantitative estimate of drug-likeness (QED) is 0.394. The van der Waals surface area contributed by atoms with Gasteiger partial charge in [0.1, 0.15) is 6.61 Å². The molecule has 3 fully saturated rings. The third kappa shape index (κ3) is 4.44. The molecule has 182 valence electrons. The van der Waals surface area contributed by atoms with Gasteiger partial charge in [0.25, 0.3) is 0 Å². The van der Waals surface area contributed by atoms with E-state index in [1.807, 2.05) is 0 Å². The summed E-state index contributed by atoms with van der Waals surface area (Å²) in [6, 6.07) is 0. The van der Waals surface area contributed by atoms with Gasteiger partial charge in [-0.05, 0) is 97.7 Å². The molecular weight excluding hydrogens is 396 g/mol. The molecule has 32 heavy (non-hydrogen) atoms. The fourth-order valence-electron chi connectivity index (χ4n) is 8.98. The molecule has 0 spiro atoms. The highest BCUT2D eigenvalue weighted by molar-refractivity contribution is 5.68. The number of aliphatic carboxylic acids is 1. The number of fused-ring (bicyclic) bond motifs is 5. The smallest absolute Gasteiger partial charge is 0.329 e. The van der Waals surface area contributed by atoms with Crippen LogP contribution >= 0.6 is 0 Å². The molecule has 0 heterocycles. The fourth-order valence-corrected chi connectivity index (χ4v) is 8.98. The Labute approximate surface area is 196 Å². The number of rotatable bonds is 8. The minimum absolute atomic E-state index is 0.0957. The topological polar surface area (TPSA) is 46.5 Å². The van der Waals surface area contributed by atoms with Gasteiger partial charge in [-0.1, -0.05) is 65.5 Å².